The Morgan fingerprint density at radius 1 is 1.47 bits per heavy atom. The van der Waals surface area contributed by atoms with Crippen LogP contribution in [-0.2, 0) is 4.79 Å². The fraction of sp³-hybridized carbons (Fsp3) is 0.222. The van der Waals surface area contributed by atoms with Crippen molar-refractivity contribution in [3.8, 4) is 11.5 Å². The normalized spacial score (nSPS) is 9.47. The molecule has 2 N–H and O–H groups in total. The van der Waals surface area contributed by atoms with Crippen LogP contribution in [0.1, 0.15) is 17.4 Å². The van der Waals surface area contributed by atoms with Gasteiger partial charge in [0, 0.05) is 19.2 Å². The molecule has 0 fully saturated rings. The van der Waals surface area contributed by atoms with Crippen molar-refractivity contribution >= 4 is 11.9 Å². The molecular weight excluding hydrogens is 200 g/mol. The van der Waals surface area contributed by atoms with E-state index in [1.807, 2.05) is 0 Å². The molecule has 15 heavy (non-hydrogen) atoms. The molecule has 80 valence electrons. The number of hydrogen-bond donors (Lipinski definition) is 1. The zero-order chi connectivity index (χ0) is 11.4. The summed E-state index contributed by atoms with van der Waals surface area (Å²) in [6, 6.07) is 1.46. The van der Waals surface area contributed by atoms with E-state index >= 15 is 0 Å². The Labute approximate surface area is 86.0 Å². The number of hydrogen-bond acceptors (Lipinski definition) is 5. The number of nitrogens with zero attached hydrogens (tertiary/aromatic N) is 1. The van der Waals surface area contributed by atoms with Gasteiger partial charge >= 0.3 is 5.97 Å². The summed E-state index contributed by atoms with van der Waals surface area (Å²) in [5.41, 5.74) is 4.93. The van der Waals surface area contributed by atoms with E-state index in [1.54, 1.807) is 0 Å². The molecule has 0 radical (unpaired) electrons. The number of nitrogens with two attached hydrogens (primary N) is 1. The van der Waals surface area contributed by atoms with Crippen LogP contribution in [0, 0.1) is 0 Å². The van der Waals surface area contributed by atoms with Crippen molar-refractivity contribution in [2.45, 2.75) is 6.92 Å². The lowest BCUT2D eigenvalue weighted by Gasteiger charge is -2.09. The van der Waals surface area contributed by atoms with Gasteiger partial charge in [0.25, 0.3) is 5.91 Å². The highest BCUT2D eigenvalue weighted by Crippen LogP contribution is 2.29. The highest BCUT2D eigenvalue weighted by Gasteiger charge is 2.17. The predicted molar refractivity (Wildman–Crippen MR) is 50.6 cm³/mol. The Hall–Kier alpha value is -2.11. The molecule has 0 unspecified atom stereocenters. The highest BCUT2D eigenvalue weighted by atomic mass is 16.6. The summed E-state index contributed by atoms with van der Waals surface area (Å²) < 4.78 is 9.71. The number of carbonyl (C=O) groups excluding carboxylic acids is 2. The molecule has 0 saturated carbocycles. The molecule has 0 aliphatic rings. The van der Waals surface area contributed by atoms with Crippen molar-refractivity contribution in [1.82, 2.24) is 4.98 Å². The van der Waals surface area contributed by atoms with Crippen LogP contribution in [0.4, 0.5) is 0 Å². The molecular formula is C9H10N2O4. The van der Waals surface area contributed by atoms with Crippen LogP contribution in [0.15, 0.2) is 12.3 Å². The summed E-state index contributed by atoms with van der Waals surface area (Å²) in [5, 5.41) is 0. The van der Waals surface area contributed by atoms with Gasteiger partial charge in [-0.25, -0.2) is 4.98 Å². The van der Waals surface area contributed by atoms with E-state index in [2.05, 4.69) is 4.98 Å². The van der Waals surface area contributed by atoms with Gasteiger partial charge in [-0.15, -0.1) is 0 Å². The molecule has 1 rings (SSSR count). The standard InChI is InChI=1S/C9H10N2O4/c1-5(12)15-8-6(14-2)3-4-11-7(8)9(10)13/h3-4H,1-2H3,(H2,10,13). The monoisotopic (exact) mass is 210 g/mol. The number of primary amides is 1. The Balaban J connectivity index is 3.26. The molecule has 0 aliphatic carbocycles. The second-order valence-corrected chi connectivity index (χ2v) is 2.65. The van der Waals surface area contributed by atoms with E-state index < -0.39 is 11.9 Å². The quantitative estimate of drug-likeness (QED) is 0.715. The molecule has 6 nitrogen and oxygen atoms in total. The van der Waals surface area contributed by atoms with Gasteiger partial charge in [-0.3, -0.25) is 9.59 Å². The molecule has 1 aromatic rings. The number of amides is 1. The van der Waals surface area contributed by atoms with Crippen LogP contribution in [0.5, 0.6) is 11.5 Å². The van der Waals surface area contributed by atoms with Gasteiger partial charge in [-0.1, -0.05) is 0 Å². The van der Waals surface area contributed by atoms with E-state index in [9.17, 15) is 9.59 Å². The number of ether oxygens (including phenoxy) is 2. The summed E-state index contributed by atoms with van der Waals surface area (Å²) in [6.45, 7) is 1.21. The molecule has 6 heteroatoms. The number of pyridine rings is 1. The van der Waals surface area contributed by atoms with Gasteiger partial charge in [0.15, 0.2) is 11.4 Å². The minimum atomic E-state index is -0.787. The maximum Gasteiger partial charge on any atom is 0.308 e. The first-order valence-electron chi connectivity index (χ1n) is 4.07. The van der Waals surface area contributed by atoms with Gasteiger partial charge in [-0.05, 0) is 0 Å². The van der Waals surface area contributed by atoms with E-state index in [0.717, 1.165) is 0 Å². The molecule has 0 spiro atoms. The first-order chi connectivity index (χ1) is 7.06. The zero-order valence-corrected chi connectivity index (χ0v) is 8.31. The summed E-state index contributed by atoms with van der Waals surface area (Å²) in [7, 11) is 1.38. The molecule has 1 aromatic heterocycles. The summed E-state index contributed by atoms with van der Waals surface area (Å²) in [5.74, 6) is -1.19. The third-order valence-electron chi connectivity index (χ3n) is 1.57. The minimum Gasteiger partial charge on any atom is -0.493 e. The fourth-order valence-corrected chi connectivity index (χ4v) is 1.01. The van der Waals surface area contributed by atoms with Crippen LogP contribution in [-0.4, -0.2) is 24.0 Å². The molecule has 0 saturated heterocycles. The minimum absolute atomic E-state index is 0.0556. The smallest absolute Gasteiger partial charge is 0.308 e. The zero-order valence-electron chi connectivity index (χ0n) is 8.31. The molecule has 0 aliphatic heterocycles. The van der Waals surface area contributed by atoms with Crippen molar-refractivity contribution in [2.24, 2.45) is 5.73 Å². The van der Waals surface area contributed by atoms with Crippen LogP contribution < -0.4 is 15.2 Å². The van der Waals surface area contributed by atoms with Crippen LogP contribution >= 0.6 is 0 Å². The maximum atomic E-state index is 11.0. The summed E-state index contributed by atoms with van der Waals surface area (Å²) in [4.78, 5) is 25.5. The number of aromatic nitrogens is 1. The Kier molecular flexibility index (Phi) is 3.22. The van der Waals surface area contributed by atoms with Crippen LogP contribution in [0.3, 0.4) is 0 Å². The van der Waals surface area contributed by atoms with Gasteiger partial charge in [0.05, 0.1) is 7.11 Å². The summed E-state index contributed by atoms with van der Waals surface area (Å²) in [6.07, 6.45) is 1.34. The van der Waals surface area contributed by atoms with E-state index in [-0.39, 0.29) is 17.2 Å². The van der Waals surface area contributed by atoms with E-state index in [4.69, 9.17) is 15.2 Å². The average Bonchev–Trinajstić information content (AvgIpc) is 2.16. The van der Waals surface area contributed by atoms with Crippen LogP contribution in [0.2, 0.25) is 0 Å². The third kappa shape index (κ3) is 2.43. The van der Waals surface area contributed by atoms with Crippen molar-refractivity contribution in [1.29, 1.82) is 0 Å². The highest BCUT2D eigenvalue weighted by molar-refractivity contribution is 5.95. The molecule has 0 aromatic carbocycles. The molecule has 1 amide bonds. The average molecular weight is 210 g/mol. The second-order valence-electron chi connectivity index (χ2n) is 2.65. The molecule has 0 bridgehead atoms. The SMILES string of the molecule is COc1ccnc(C(N)=O)c1OC(C)=O. The largest absolute Gasteiger partial charge is 0.493 e. The predicted octanol–water partition coefficient (Wildman–Crippen LogP) is 0.114. The first kappa shape index (κ1) is 11.0. The van der Waals surface area contributed by atoms with Gasteiger partial charge < -0.3 is 15.2 Å². The van der Waals surface area contributed by atoms with E-state index in [1.165, 1.54) is 26.3 Å². The van der Waals surface area contributed by atoms with Crippen molar-refractivity contribution in [3.63, 3.8) is 0 Å². The first-order valence-corrected chi connectivity index (χ1v) is 4.07. The summed E-state index contributed by atoms with van der Waals surface area (Å²) >= 11 is 0. The lowest BCUT2D eigenvalue weighted by atomic mass is 10.3. The van der Waals surface area contributed by atoms with Gasteiger partial charge in [-0.2, -0.15) is 0 Å². The number of rotatable bonds is 3. The Bertz CT molecular complexity index is 403. The maximum absolute atomic E-state index is 11.0. The number of carbonyl (C=O) groups is 2. The Morgan fingerprint density at radius 3 is 2.60 bits per heavy atom. The number of methoxy groups -OCH3 is 1. The second kappa shape index (κ2) is 4.41. The number of esters is 1. The molecule has 1 heterocycles. The lowest BCUT2D eigenvalue weighted by molar-refractivity contribution is -0.132. The fourth-order valence-electron chi connectivity index (χ4n) is 1.01. The van der Waals surface area contributed by atoms with E-state index in [0.29, 0.717) is 0 Å². The lowest BCUT2D eigenvalue weighted by Crippen LogP contribution is -2.16. The van der Waals surface area contributed by atoms with Gasteiger partial charge in [0.1, 0.15) is 0 Å². The van der Waals surface area contributed by atoms with Gasteiger partial charge in [0.2, 0.25) is 5.75 Å². The topological polar surface area (TPSA) is 91.5 Å². The van der Waals surface area contributed by atoms with Crippen molar-refractivity contribution < 1.29 is 19.1 Å². The molecule has 0 atom stereocenters. The van der Waals surface area contributed by atoms with Crippen molar-refractivity contribution in [2.75, 3.05) is 7.11 Å². The van der Waals surface area contributed by atoms with Crippen LogP contribution in [0.25, 0.3) is 0 Å². The third-order valence-corrected chi connectivity index (χ3v) is 1.57. The Morgan fingerprint density at radius 2 is 2.13 bits per heavy atom. The van der Waals surface area contributed by atoms with Crippen molar-refractivity contribution in [3.05, 3.63) is 18.0 Å².